The average Bonchev–Trinajstić information content (AvgIpc) is 2.41. The first-order valence-electron chi connectivity index (χ1n) is 7.04. The van der Waals surface area contributed by atoms with E-state index in [1.807, 2.05) is 6.07 Å². The lowest BCUT2D eigenvalue weighted by Crippen LogP contribution is -2.37. The van der Waals surface area contributed by atoms with Crippen molar-refractivity contribution < 1.29 is 9.53 Å². The maximum atomic E-state index is 11.5. The van der Waals surface area contributed by atoms with E-state index in [9.17, 15) is 4.79 Å². The van der Waals surface area contributed by atoms with Gasteiger partial charge in [0.1, 0.15) is 6.10 Å². The fourth-order valence-corrected chi connectivity index (χ4v) is 2.41. The molecular weight excluding hydrogens is 252 g/mol. The van der Waals surface area contributed by atoms with E-state index in [4.69, 9.17) is 10.5 Å². The number of carbonyl (C=O) groups is 1. The summed E-state index contributed by atoms with van der Waals surface area (Å²) in [5.41, 5.74) is 7.27. The number of nitrogens with two attached hydrogens (primary N) is 1. The van der Waals surface area contributed by atoms with Crippen LogP contribution < -0.4 is 5.73 Å². The zero-order valence-corrected chi connectivity index (χ0v) is 11.9. The van der Waals surface area contributed by atoms with Crippen molar-refractivity contribution in [2.24, 2.45) is 5.73 Å². The van der Waals surface area contributed by atoms with Crippen molar-refractivity contribution in [2.75, 3.05) is 13.1 Å². The first-order valence-corrected chi connectivity index (χ1v) is 7.04. The monoisotopic (exact) mass is 274 g/mol. The van der Waals surface area contributed by atoms with Gasteiger partial charge >= 0.3 is 5.97 Å². The number of nitrogens with zero attached hydrogens (tertiary/aromatic N) is 1. The molecule has 0 saturated carbocycles. The Kier molecular flexibility index (Phi) is 5.18. The minimum absolute atomic E-state index is 0.0186. The Morgan fingerprint density at radius 2 is 2.00 bits per heavy atom. The molecule has 0 atom stereocenters. The van der Waals surface area contributed by atoms with E-state index >= 15 is 0 Å². The van der Waals surface area contributed by atoms with Crippen LogP contribution in [0.5, 0.6) is 0 Å². The lowest BCUT2D eigenvalue weighted by Gasteiger charge is -2.31. The van der Waals surface area contributed by atoms with Gasteiger partial charge in [0.25, 0.3) is 0 Å². The van der Waals surface area contributed by atoms with E-state index in [0.717, 1.165) is 32.5 Å². The fraction of sp³-hybridized carbons (Fsp3) is 0.438. The highest BCUT2D eigenvalue weighted by Crippen LogP contribution is 2.16. The Bertz CT molecular complexity index is 459. The number of carbonyl (C=O) groups excluding carboxylic acids is 1. The van der Waals surface area contributed by atoms with Crippen molar-refractivity contribution in [2.45, 2.75) is 32.4 Å². The van der Waals surface area contributed by atoms with E-state index in [1.54, 1.807) is 6.92 Å². The molecule has 1 aromatic rings. The molecule has 1 saturated heterocycles. The molecule has 4 heteroatoms. The number of esters is 1. The third-order valence-electron chi connectivity index (χ3n) is 3.41. The van der Waals surface area contributed by atoms with Crippen molar-refractivity contribution in [1.29, 1.82) is 0 Å². The van der Waals surface area contributed by atoms with Crippen LogP contribution in [0.2, 0.25) is 0 Å². The standard InChI is InChI=1S/C16H22N2O2/c1-13(17)11-16(19)20-15-7-9-18(10-8-15)12-14-5-3-2-4-6-14/h2-6,11,15H,7-10,12,17H2,1H3. The third kappa shape index (κ3) is 4.70. The van der Waals surface area contributed by atoms with Crippen molar-refractivity contribution in [3.63, 3.8) is 0 Å². The molecule has 0 unspecified atom stereocenters. The Balaban J connectivity index is 1.75. The third-order valence-corrected chi connectivity index (χ3v) is 3.41. The zero-order valence-electron chi connectivity index (χ0n) is 11.9. The second kappa shape index (κ2) is 7.10. The Morgan fingerprint density at radius 1 is 1.35 bits per heavy atom. The average molecular weight is 274 g/mol. The maximum absolute atomic E-state index is 11.5. The Morgan fingerprint density at radius 3 is 2.60 bits per heavy atom. The van der Waals surface area contributed by atoms with Gasteiger partial charge in [0.15, 0.2) is 0 Å². The molecule has 1 fully saturated rings. The molecule has 0 radical (unpaired) electrons. The topological polar surface area (TPSA) is 55.6 Å². The molecule has 1 aliphatic heterocycles. The lowest BCUT2D eigenvalue weighted by molar-refractivity contribution is -0.145. The number of hydrogen-bond acceptors (Lipinski definition) is 4. The number of allylic oxidation sites excluding steroid dienone is 1. The summed E-state index contributed by atoms with van der Waals surface area (Å²) in [5, 5.41) is 0. The summed E-state index contributed by atoms with van der Waals surface area (Å²) in [5.74, 6) is -0.327. The maximum Gasteiger partial charge on any atom is 0.332 e. The van der Waals surface area contributed by atoms with Gasteiger partial charge < -0.3 is 10.5 Å². The summed E-state index contributed by atoms with van der Waals surface area (Å²) in [4.78, 5) is 13.9. The van der Waals surface area contributed by atoms with Gasteiger partial charge in [-0.15, -0.1) is 0 Å². The van der Waals surface area contributed by atoms with Crippen LogP contribution in [0.15, 0.2) is 42.1 Å². The van der Waals surface area contributed by atoms with Crippen molar-refractivity contribution in [3.8, 4) is 0 Å². The first kappa shape index (κ1) is 14.6. The molecule has 0 spiro atoms. The van der Waals surface area contributed by atoms with Crippen LogP contribution in [-0.2, 0) is 16.1 Å². The first-order chi connectivity index (χ1) is 9.63. The van der Waals surface area contributed by atoms with Gasteiger partial charge in [0.2, 0.25) is 0 Å². The molecule has 1 heterocycles. The Hall–Kier alpha value is -1.81. The van der Waals surface area contributed by atoms with E-state index in [-0.39, 0.29) is 12.1 Å². The molecule has 0 aliphatic carbocycles. The van der Waals surface area contributed by atoms with Gasteiger partial charge in [0, 0.05) is 31.4 Å². The summed E-state index contributed by atoms with van der Waals surface area (Å²) in [7, 11) is 0. The van der Waals surface area contributed by atoms with Crippen LogP contribution in [0.25, 0.3) is 0 Å². The van der Waals surface area contributed by atoms with Crippen LogP contribution in [0.4, 0.5) is 0 Å². The Labute approximate surface area is 120 Å². The predicted octanol–water partition coefficient (Wildman–Crippen LogP) is 2.06. The van der Waals surface area contributed by atoms with Gasteiger partial charge in [-0.3, -0.25) is 4.90 Å². The molecular formula is C16H22N2O2. The van der Waals surface area contributed by atoms with Crippen LogP contribution in [0.3, 0.4) is 0 Å². The molecule has 108 valence electrons. The van der Waals surface area contributed by atoms with E-state index in [0.29, 0.717) is 5.70 Å². The summed E-state index contributed by atoms with van der Waals surface area (Å²) in [6, 6.07) is 10.4. The number of hydrogen-bond donors (Lipinski definition) is 1. The SMILES string of the molecule is CC(N)=CC(=O)OC1CCN(Cc2ccccc2)CC1. The number of benzene rings is 1. The quantitative estimate of drug-likeness (QED) is 0.674. The van der Waals surface area contributed by atoms with Gasteiger partial charge in [-0.2, -0.15) is 0 Å². The largest absolute Gasteiger partial charge is 0.459 e. The van der Waals surface area contributed by atoms with Crippen molar-refractivity contribution in [1.82, 2.24) is 4.90 Å². The van der Waals surface area contributed by atoms with Crippen molar-refractivity contribution in [3.05, 3.63) is 47.7 Å². The van der Waals surface area contributed by atoms with E-state index in [1.165, 1.54) is 11.6 Å². The van der Waals surface area contributed by atoms with Gasteiger partial charge in [-0.05, 0) is 25.3 Å². The summed E-state index contributed by atoms with van der Waals surface area (Å²) >= 11 is 0. The lowest BCUT2D eigenvalue weighted by atomic mass is 10.1. The second-order valence-electron chi connectivity index (χ2n) is 5.29. The molecule has 0 amide bonds. The van der Waals surface area contributed by atoms with E-state index < -0.39 is 0 Å². The van der Waals surface area contributed by atoms with Crippen LogP contribution in [0.1, 0.15) is 25.3 Å². The fourth-order valence-electron chi connectivity index (χ4n) is 2.41. The number of likely N-dealkylation sites (tertiary alicyclic amines) is 1. The molecule has 4 nitrogen and oxygen atoms in total. The number of piperidine rings is 1. The zero-order chi connectivity index (χ0) is 14.4. The highest BCUT2D eigenvalue weighted by molar-refractivity contribution is 5.82. The normalized spacial score (nSPS) is 17.9. The van der Waals surface area contributed by atoms with Gasteiger partial charge in [0.05, 0.1) is 0 Å². The summed E-state index contributed by atoms with van der Waals surface area (Å²) in [6.45, 7) is 4.56. The second-order valence-corrected chi connectivity index (χ2v) is 5.29. The summed E-state index contributed by atoms with van der Waals surface area (Å²) in [6.07, 6.45) is 3.13. The molecule has 2 rings (SSSR count). The van der Waals surface area contributed by atoms with Gasteiger partial charge in [-0.1, -0.05) is 30.3 Å². The molecule has 1 aromatic carbocycles. The van der Waals surface area contributed by atoms with Crippen LogP contribution >= 0.6 is 0 Å². The summed E-state index contributed by atoms with van der Waals surface area (Å²) < 4.78 is 5.38. The minimum atomic E-state index is -0.327. The smallest absolute Gasteiger partial charge is 0.332 e. The van der Waals surface area contributed by atoms with E-state index in [2.05, 4.69) is 29.2 Å². The van der Waals surface area contributed by atoms with Crippen LogP contribution in [0, 0.1) is 0 Å². The molecule has 20 heavy (non-hydrogen) atoms. The van der Waals surface area contributed by atoms with Gasteiger partial charge in [-0.25, -0.2) is 4.79 Å². The van der Waals surface area contributed by atoms with Crippen LogP contribution in [-0.4, -0.2) is 30.1 Å². The highest BCUT2D eigenvalue weighted by Gasteiger charge is 2.21. The molecule has 2 N–H and O–H groups in total. The predicted molar refractivity (Wildman–Crippen MR) is 78.8 cm³/mol. The molecule has 0 bridgehead atoms. The van der Waals surface area contributed by atoms with Crippen molar-refractivity contribution >= 4 is 5.97 Å². The molecule has 1 aliphatic rings. The number of ether oxygens (including phenoxy) is 1. The minimum Gasteiger partial charge on any atom is -0.459 e. The number of rotatable bonds is 4. The highest BCUT2D eigenvalue weighted by atomic mass is 16.5. The molecule has 0 aromatic heterocycles.